The van der Waals surface area contributed by atoms with Crippen LogP contribution in [0, 0.1) is 0 Å². The van der Waals surface area contributed by atoms with Crippen molar-refractivity contribution in [2.24, 2.45) is 0 Å². The van der Waals surface area contributed by atoms with Crippen molar-refractivity contribution in [3.63, 3.8) is 0 Å². The summed E-state index contributed by atoms with van der Waals surface area (Å²) in [6.07, 6.45) is 4.26. The second kappa shape index (κ2) is 4.14. The molecule has 0 bridgehead atoms. The molecule has 0 atom stereocenters. The average Bonchev–Trinajstić information content (AvgIpc) is 3.05. The zero-order valence-electron chi connectivity index (χ0n) is 11.8. The van der Waals surface area contributed by atoms with E-state index < -0.39 is 0 Å². The van der Waals surface area contributed by atoms with E-state index in [0.717, 1.165) is 35.0 Å². The molecule has 3 aromatic rings. The number of para-hydroxylation sites is 1. The van der Waals surface area contributed by atoms with Crippen molar-refractivity contribution in [3.05, 3.63) is 56.4 Å². The van der Waals surface area contributed by atoms with E-state index in [9.17, 15) is 9.59 Å². The highest BCUT2D eigenvalue weighted by molar-refractivity contribution is 7.18. The lowest BCUT2D eigenvalue weighted by molar-refractivity contribution is 0.103. The molecule has 1 aliphatic heterocycles. The van der Waals surface area contributed by atoms with Gasteiger partial charge in [0.1, 0.15) is 4.83 Å². The largest absolute Gasteiger partial charge is 0.285 e. The maximum atomic E-state index is 13.0. The first-order chi connectivity index (χ1) is 10.8. The molecule has 0 unspecified atom stereocenters. The number of hydrogen-bond donors (Lipinski definition) is 0. The van der Waals surface area contributed by atoms with Crippen molar-refractivity contribution >= 4 is 27.3 Å². The van der Waals surface area contributed by atoms with Crippen LogP contribution in [-0.2, 0) is 12.8 Å². The van der Waals surface area contributed by atoms with Crippen molar-refractivity contribution in [2.45, 2.75) is 25.7 Å². The fourth-order valence-corrected chi connectivity index (χ4v) is 4.81. The SMILES string of the molecule is O=C1c2ccccc2-n2c1nc1sc3c(c1c2=O)CCCC3. The van der Waals surface area contributed by atoms with E-state index in [1.165, 1.54) is 15.9 Å². The number of fused-ring (bicyclic) bond motifs is 6. The van der Waals surface area contributed by atoms with E-state index in [-0.39, 0.29) is 17.2 Å². The summed E-state index contributed by atoms with van der Waals surface area (Å²) in [4.78, 5) is 32.1. The number of aromatic nitrogens is 2. The summed E-state index contributed by atoms with van der Waals surface area (Å²) >= 11 is 1.58. The van der Waals surface area contributed by atoms with Crippen LogP contribution in [0.25, 0.3) is 15.9 Å². The number of thiophene rings is 1. The Morgan fingerprint density at radius 3 is 2.82 bits per heavy atom. The molecule has 0 saturated carbocycles. The zero-order chi connectivity index (χ0) is 14.8. The number of rotatable bonds is 0. The maximum Gasteiger partial charge on any atom is 0.267 e. The third kappa shape index (κ3) is 1.39. The third-order valence-electron chi connectivity index (χ3n) is 4.58. The molecule has 2 aromatic heterocycles. The van der Waals surface area contributed by atoms with Crippen LogP contribution < -0.4 is 5.56 Å². The summed E-state index contributed by atoms with van der Waals surface area (Å²) in [6, 6.07) is 7.24. The topological polar surface area (TPSA) is 52.0 Å². The van der Waals surface area contributed by atoms with E-state index in [1.54, 1.807) is 17.4 Å². The Labute approximate surface area is 130 Å². The fourth-order valence-electron chi connectivity index (χ4n) is 3.56. The normalized spacial score (nSPS) is 15.7. The van der Waals surface area contributed by atoms with Crippen LogP contribution in [0.4, 0.5) is 0 Å². The summed E-state index contributed by atoms with van der Waals surface area (Å²) < 4.78 is 1.50. The lowest BCUT2D eigenvalue weighted by Gasteiger charge is -2.10. The van der Waals surface area contributed by atoms with Gasteiger partial charge in [-0.2, -0.15) is 0 Å². The van der Waals surface area contributed by atoms with Gasteiger partial charge < -0.3 is 0 Å². The predicted octanol–water partition coefficient (Wildman–Crippen LogP) is 2.87. The Morgan fingerprint density at radius 1 is 1.09 bits per heavy atom. The summed E-state index contributed by atoms with van der Waals surface area (Å²) in [7, 11) is 0. The molecule has 0 fully saturated rings. The molecule has 0 saturated heterocycles. The summed E-state index contributed by atoms with van der Waals surface area (Å²) in [6.45, 7) is 0. The van der Waals surface area contributed by atoms with Gasteiger partial charge in [0.2, 0.25) is 5.78 Å². The molecule has 1 aromatic carbocycles. The first kappa shape index (κ1) is 12.3. The number of aryl methyl sites for hydroxylation is 2. The standard InChI is InChI=1S/C17H12N2O2S/c20-14-9-5-1-3-7-11(9)19-15(14)18-16-13(17(19)21)10-6-2-4-8-12(10)22-16/h1,3,5,7H,2,4,6,8H2. The minimum absolute atomic E-state index is 0.0855. The van der Waals surface area contributed by atoms with Crippen molar-refractivity contribution in [3.8, 4) is 5.69 Å². The second-order valence-corrected chi connectivity index (χ2v) is 6.90. The van der Waals surface area contributed by atoms with Gasteiger partial charge >= 0.3 is 0 Å². The zero-order valence-corrected chi connectivity index (χ0v) is 12.6. The molecule has 5 rings (SSSR count). The maximum absolute atomic E-state index is 13.0. The van der Waals surface area contributed by atoms with Gasteiger partial charge in [-0.05, 0) is 43.4 Å². The minimum atomic E-state index is -0.152. The van der Waals surface area contributed by atoms with Crippen molar-refractivity contribution in [1.82, 2.24) is 9.55 Å². The number of hydrogen-bond acceptors (Lipinski definition) is 4. The molecule has 22 heavy (non-hydrogen) atoms. The Kier molecular flexibility index (Phi) is 2.31. The van der Waals surface area contributed by atoms with Gasteiger partial charge in [-0.3, -0.25) is 14.2 Å². The Morgan fingerprint density at radius 2 is 1.91 bits per heavy atom. The van der Waals surface area contributed by atoms with Gasteiger partial charge in [0.15, 0.2) is 5.82 Å². The van der Waals surface area contributed by atoms with Crippen LogP contribution in [0.3, 0.4) is 0 Å². The number of carbonyl (C=O) groups excluding carboxylic acids is 1. The van der Waals surface area contributed by atoms with Crippen LogP contribution in [0.5, 0.6) is 0 Å². The lowest BCUT2D eigenvalue weighted by Crippen LogP contribution is -2.21. The Balaban J connectivity index is 1.94. The molecule has 0 amide bonds. The Bertz CT molecular complexity index is 1030. The minimum Gasteiger partial charge on any atom is -0.285 e. The van der Waals surface area contributed by atoms with Crippen LogP contribution in [0.2, 0.25) is 0 Å². The Hall–Kier alpha value is -2.27. The molecular formula is C17H12N2O2S. The smallest absolute Gasteiger partial charge is 0.267 e. The fraction of sp³-hybridized carbons (Fsp3) is 0.235. The molecule has 108 valence electrons. The molecule has 0 radical (unpaired) electrons. The lowest BCUT2D eigenvalue weighted by atomic mass is 9.97. The highest BCUT2D eigenvalue weighted by atomic mass is 32.1. The van der Waals surface area contributed by atoms with Crippen molar-refractivity contribution in [1.29, 1.82) is 0 Å². The van der Waals surface area contributed by atoms with E-state index >= 15 is 0 Å². The van der Waals surface area contributed by atoms with Gasteiger partial charge in [-0.25, -0.2) is 4.98 Å². The second-order valence-electron chi connectivity index (χ2n) is 5.81. The van der Waals surface area contributed by atoms with Crippen LogP contribution >= 0.6 is 11.3 Å². The molecular weight excluding hydrogens is 296 g/mol. The van der Waals surface area contributed by atoms with Gasteiger partial charge in [0.05, 0.1) is 16.6 Å². The van der Waals surface area contributed by atoms with Gasteiger partial charge in [0.25, 0.3) is 5.56 Å². The van der Waals surface area contributed by atoms with Crippen molar-refractivity contribution < 1.29 is 4.79 Å². The molecule has 1 aliphatic carbocycles. The predicted molar refractivity (Wildman–Crippen MR) is 85.3 cm³/mol. The third-order valence-corrected chi connectivity index (χ3v) is 5.77. The van der Waals surface area contributed by atoms with E-state index in [4.69, 9.17) is 0 Å². The van der Waals surface area contributed by atoms with E-state index in [2.05, 4.69) is 4.98 Å². The monoisotopic (exact) mass is 308 g/mol. The molecule has 0 spiro atoms. The molecule has 2 aliphatic rings. The van der Waals surface area contributed by atoms with E-state index in [0.29, 0.717) is 11.3 Å². The van der Waals surface area contributed by atoms with Crippen LogP contribution in [0.1, 0.15) is 39.5 Å². The molecule has 3 heterocycles. The van der Waals surface area contributed by atoms with Crippen LogP contribution in [-0.4, -0.2) is 15.3 Å². The quantitative estimate of drug-likeness (QED) is 0.502. The number of ketones is 1. The first-order valence-electron chi connectivity index (χ1n) is 7.47. The van der Waals surface area contributed by atoms with E-state index in [1.807, 2.05) is 18.2 Å². The summed E-state index contributed by atoms with van der Waals surface area (Å²) in [5.41, 5.74) is 2.31. The highest BCUT2D eigenvalue weighted by Crippen LogP contribution is 2.35. The molecule has 4 nitrogen and oxygen atoms in total. The van der Waals surface area contributed by atoms with Gasteiger partial charge in [0, 0.05) is 4.88 Å². The summed E-state index contributed by atoms with van der Waals surface area (Å²) in [5, 5.41) is 0.730. The van der Waals surface area contributed by atoms with Crippen molar-refractivity contribution in [2.75, 3.05) is 0 Å². The molecule has 0 N–H and O–H groups in total. The molecule has 5 heteroatoms. The van der Waals surface area contributed by atoms with Crippen LogP contribution in [0.15, 0.2) is 29.1 Å². The number of carbonyl (C=O) groups is 1. The summed E-state index contributed by atoms with van der Waals surface area (Å²) in [5.74, 6) is 0.110. The van der Waals surface area contributed by atoms with Gasteiger partial charge in [-0.1, -0.05) is 12.1 Å². The number of nitrogens with zero attached hydrogens (tertiary/aromatic N) is 2. The first-order valence-corrected chi connectivity index (χ1v) is 8.29. The highest BCUT2D eigenvalue weighted by Gasteiger charge is 2.31. The number of benzene rings is 1. The average molecular weight is 308 g/mol. The van der Waals surface area contributed by atoms with Gasteiger partial charge in [-0.15, -0.1) is 11.3 Å².